The monoisotopic (exact) mass is 562 g/mol. The Morgan fingerprint density at radius 3 is 2.59 bits per heavy atom. The van der Waals surface area contributed by atoms with Crippen molar-refractivity contribution in [3.63, 3.8) is 0 Å². The van der Waals surface area contributed by atoms with Crippen molar-refractivity contribution in [3.05, 3.63) is 107 Å². The van der Waals surface area contributed by atoms with Crippen molar-refractivity contribution in [3.8, 4) is 17.1 Å². The van der Waals surface area contributed by atoms with E-state index in [1.807, 2.05) is 68.4 Å². The molecule has 4 aromatic rings. The van der Waals surface area contributed by atoms with E-state index < -0.39 is 12.0 Å². The van der Waals surface area contributed by atoms with Crippen molar-refractivity contribution in [1.29, 1.82) is 0 Å². The van der Waals surface area contributed by atoms with Gasteiger partial charge in [0.05, 0.1) is 35.1 Å². The van der Waals surface area contributed by atoms with Crippen LogP contribution < -0.4 is 19.6 Å². The zero-order valence-corrected chi connectivity index (χ0v) is 23.6. The van der Waals surface area contributed by atoms with Gasteiger partial charge < -0.3 is 13.9 Å². The van der Waals surface area contributed by atoms with Gasteiger partial charge >= 0.3 is 5.97 Å². The molecule has 0 amide bonds. The molecule has 9 heteroatoms. The van der Waals surface area contributed by atoms with Crippen LogP contribution in [0.5, 0.6) is 5.75 Å². The number of aromatic nitrogens is 1. The van der Waals surface area contributed by atoms with Gasteiger partial charge in [-0.25, -0.2) is 9.79 Å². The first kappa shape index (κ1) is 26.7. The fourth-order valence-electron chi connectivity index (χ4n) is 4.58. The number of hydrogen-bond acceptors (Lipinski definition) is 7. The molecule has 0 radical (unpaired) electrons. The van der Waals surface area contributed by atoms with Crippen LogP contribution in [-0.4, -0.2) is 23.8 Å². The van der Waals surface area contributed by atoms with Crippen molar-refractivity contribution in [2.75, 3.05) is 13.2 Å². The summed E-state index contributed by atoms with van der Waals surface area (Å²) >= 11 is 7.43. The number of carbonyl (C=O) groups is 1. The van der Waals surface area contributed by atoms with Gasteiger partial charge in [0.15, 0.2) is 4.80 Å². The van der Waals surface area contributed by atoms with Crippen molar-refractivity contribution in [2.45, 2.75) is 33.7 Å². The second-order valence-corrected chi connectivity index (χ2v) is 10.4. The molecule has 2 aromatic heterocycles. The second kappa shape index (κ2) is 11.1. The van der Waals surface area contributed by atoms with Gasteiger partial charge in [0, 0.05) is 16.7 Å². The van der Waals surface area contributed by atoms with Crippen LogP contribution in [0.2, 0.25) is 5.02 Å². The third-order valence-electron chi connectivity index (χ3n) is 6.39. The maximum atomic E-state index is 13.8. The number of fused-ring (bicyclic) bond motifs is 1. The highest BCUT2D eigenvalue weighted by Gasteiger charge is 2.33. The quantitative estimate of drug-likeness (QED) is 0.281. The minimum Gasteiger partial charge on any atom is -0.494 e. The topological polar surface area (TPSA) is 83.0 Å². The first-order valence-corrected chi connectivity index (χ1v) is 13.8. The Labute approximate surface area is 234 Å². The molecule has 200 valence electrons. The number of benzene rings is 2. The Hall–Kier alpha value is -3.88. The molecule has 3 heterocycles. The molecule has 5 rings (SSSR count). The highest BCUT2D eigenvalue weighted by molar-refractivity contribution is 7.07. The fraction of sp³-hybridized carbons (Fsp3) is 0.233. The van der Waals surface area contributed by atoms with Crippen LogP contribution in [0.1, 0.15) is 43.7 Å². The predicted molar refractivity (Wildman–Crippen MR) is 152 cm³/mol. The second-order valence-electron chi connectivity index (χ2n) is 8.97. The molecule has 0 saturated carbocycles. The molecule has 0 aliphatic carbocycles. The standard InChI is InChI=1S/C30H27ClN2O5S/c1-5-36-21-11-8-19(9-12-21)27-26(29(35)37-6-2)18(4)32-30-33(27)28(34)25(39-30)16-22-13-14-24(38-22)23-15-20(31)10-7-17(23)3/h7-16,27H,5-6H2,1-4H3/b25-16-/t27-/m1/s1. The lowest BCUT2D eigenvalue weighted by Gasteiger charge is -2.24. The molecule has 0 spiro atoms. The molecule has 0 N–H and O–H groups in total. The molecule has 0 bridgehead atoms. The summed E-state index contributed by atoms with van der Waals surface area (Å²) in [5.74, 6) is 1.38. The molecule has 0 fully saturated rings. The maximum Gasteiger partial charge on any atom is 0.338 e. The number of esters is 1. The largest absolute Gasteiger partial charge is 0.494 e. The van der Waals surface area contributed by atoms with Crippen LogP contribution in [0.3, 0.4) is 0 Å². The van der Waals surface area contributed by atoms with E-state index in [4.69, 9.17) is 25.5 Å². The summed E-state index contributed by atoms with van der Waals surface area (Å²) in [7, 11) is 0. The van der Waals surface area contributed by atoms with E-state index in [1.54, 1.807) is 24.5 Å². The summed E-state index contributed by atoms with van der Waals surface area (Å²) in [6.45, 7) is 8.15. The first-order chi connectivity index (χ1) is 18.8. The lowest BCUT2D eigenvalue weighted by atomic mass is 9.96. The highest BCUT2D eigenvalue weighted by atomic mass is 35.5. The van der Waals surface area contributed by atoms with E-state index in [2.05, 4.69) is 4.99 Å². The third kappa shape index (κ3) is 5.22. The Morgan fingerprint density at radius 1 is 1.10 bits per heavy atom. The average Bonchev–Trinajstić information content (AvgIpc) is 3.50. The Kier molecular flexibility index (Phi) is 7.59. The van der Waals surface area contributed by atoms with Crippen LogP contribution in [0, 0.1) is 6.92 Å². The zero-order valence-electron chi connectivity index (χ0n) is 22.0. The number of carbonyl (C=O) groups excluding carboxylic acids is 1. The number of furan rings is 1. The van der Waals surface area contributed by atoms with Gasteiger partial charge in [0.25, 0.3) is 5.56 Å². The summed E-state index contributed by atoms with van der Waals surface area (Å²) in [6, 6.07) is 16.0. The maximum absolute atomic E-state index is 13.8. The molecule has 7 nitrogen and oxygen atoms in total. The number of nitrogens with zero attached hydrogens (tertiary/aromatic N) is 2. The number of aryl methyl sites for hydroxylation is 1. The average molecular weight is 563 g/mol. The van der Waals surface area contributed by atoms with Crippen molar-refractivity contribution < 1.29 is 18.7 Å². The Morgan fingerprint density at radius 2 is 1.87 bits per heavy atom. The van der Waals surface area contributed by atoms with Crippen molar-refractivity contribution in [2.24, 2.45) is 4.99 Å². The number of allylic oxidation sites excluding steroid dienone is 1. The zero-order chi connectivity index (χ0) is 27.7. The van der Waals surface area contributed by atoms with Crippen molar-refractivity contribution >= 4 is 35.0 Å². The fourth-order valence-corrected chi connectivity index (χ4v) is 5.78. The molecule has 1 atom stereocenters. The Bertz CT molecular complexity index is 1760. The number of rotatable bonds is 7. The third-order valence-corrected chi connectivity index (χ3v) is 7.61. The van der Waals surface area contributed by atoms with E-state index in [9.17, 15) is 9.59 Å². The number of ether oxygens (including phenoxy) is 2. The SMILES string of the molecule is CCOC(=O)C1=C(C)N=c2s/c(=C\c3ccc(-c4cc(Cl)ccc4C)o3)c(=O)n2[C@@H]1c1ccc(OCC)cc1. The molecule has 0 saturated heterocycles. The van der Waals surface area contributed by atoms with Crippen LogP contribution in [-0.2, 0) is 9.53 Å². The van der Waals surface area contributed by atoms with Gasteiger partial charge in [0.2, 0.25) is 0 Å². The molecule has 1 aliphatic rings. The molecule has 0 unspecified atom stereocenters. The van der Waals surface area contributed by atoms with Crippen LogP contribution >= 0.6 is 22.9 Å². The first-order valence-electron chi connectivity index (χ1n) is 12.6. The van der Waals surface area contributed by atoms with Gasteiger partial charge in [-0.1, -0.05) is 41.1 Å². The van der Waals surface area contributed by atoms with E-state index >= 15 is 0 Å². The Balaban J connectivity index is 1.62. The summed E-state index contributed by atoms with van der Waals surface area (Å²) in [5.41, 5.74) is 3.23. The summed E-state index contributed by atoms with van der Waals surface area (Å²) in [6.07, 6.45) is 1.70. The summed E-state index contributed by atoms with van der Waals surface area (Å²) in [4.78, 5) is 32.0. The number of thiazole rings is 1. The van der Waals surface area contributed by atoms with E-state index in [0.29, 0.717) is 49.5 Å². The van der Waals surface area contributed by atoms with Crippen molar-refractivity contribution in [1.82, 2.24) is 4.57 Å². The van der Waals surface area contributed by atoms with Gasteiger partial charge in [-0.2, -0.15) is 0 Å². The lowest BCUT2D eigenvalue weighted by molar-refractivity contribution is -0.139. The van der Waals surface area contributed by atoms with Crippen LogP contribution in [0.15, 0.2) is 80.1 Å². The normalized spacial score (nSPS) is 15.2. The van der Waals surface area contributed by atoms with Gasteiger partial charge in [-0.15, -0.1) is 0 Å². The van der Waals surface area contributed by atoms with E-state index in [1.165, 1.54) is 11.3 Å². The summed E-state index contributed by atoms with van der Waals surface area (Å²) < 4.78 is 19.0. The lowest BCUT2D eigenvalue weighted by Crippen LogP contribution is -2.39. The van der Waals surface area contributed by atoms with E-state index in [0.717, 1.165) is 16.7 Å². The smallest absolute Gasteiger partial charge is 0.338 e. The predicted octanol–water partition coefficient (Wildman–Crippen LogP) is 5.42. The van der Waals surface area contributed by atoms with Gasteiger partial charge in [-0.3, -0.25) is 9.36 Å². The molecular weight excluding hydrogens is 536 g/mol. The minimum absolute atomic E-state index is 0.211. The molecule has 39 heavy (non-hydrogen) atoms. The molecule has 2 aromatic carbocycles. The van der Waals surface area contributed by atoms with Crippen LogP contribution in [0.25, 0.3) is 17.4 Å². The number of halogens is 1. The summed E-state index contributed by atoms with van der Waals surface area (Å²) in [5, 5.41) is 0.615. The van der Waals surface area contributed by atoms with E-state index in [-0.39, 0.29) is 12.2 Å². The number of hydrogen-bond donors (Lipinski definition) is 0. The van der Waals surface area contributed by atoms with Gasteiger partial charge in [-0.05, 0) is 75.2 Å². The van der Waals surface area contributed by atoms with Gasteiger partial charge in [0.1, 0.15) is 17.3 Å². The molecule has 1 aliphatic heterocycles. The molecular formula is C30H27ClN2O5S. The highest BCUT2D eigenvalue weighted by Crippen LogP contribution is 2.32. The van der Waals surface area contributed by atoms with Crippen LogP contribution in [0.4, 0.5) is 0 Å². The minimum atomic E-state index is -0.695.